The van der Waals surface area contributed by atoms with E-state index in [1.807, 2.05) is 27.7 Å². The van der Waals surface area contributed by atoms with Gasteiger partial charge in [-0.05, 0) is 40.5 Å². The number of anilines is 1. The third-order valence-electron chi connectivity index (χ3n) is 3.39. The Morgan fingerprint density at radius 1 is 1.45 bits per heavy atom. The number of amides is 1. The van der Waals surface area contributed by atoms with Gasteiger partial charge in [-0.15, -0.1) is 5.10 Å². The number of ether oxygens (including phenoxy) is 1. The van der Waals surface area contributed by atoms with Crippen LogP contribution in [0.3, 0.4) is 0 Å². The topological polar surface area (TPSA) is 94.5 Å². The summed E-state index contributed by atoms with van der Waals surface area (Å²) in [7, 11) is 0. The van der Waals surface area contributed by atoms with Crippen LogP contribution in [-0.2, 0) is 4.74 Å². The highest BCUT2D eigenvalue weighted by Crippen LogP contribution is 2.32. The van der Waals surface area contributed by atoms with Crippen LogP contribution in [0.1, 0.15) is 52.3 Å². The molecule has 0 saturated carbocycles. The highest BCUT2D eigenvalue weighted by atomic mass is 16.6. The molecule has 7 nitrogen and oxygen atoms in total. The molecule has 112 valence electrons. The van der Waals surface area contributed by atoms with Gasteiger partial charge in [-0.1, -0.05) is 5.10 Å². The summed E-state index contributed by atoms with van der Waals surface area (Å²) in [6, 6.07) is 0.0000384. The van der Waals surface area contributed by atoms with Crippen molar-refractivity contribution in [3.8, 4) is 0 Å². The van der Waals surface area contributed by atoms with Crippen molar-refractivity contribution in [2.75, 3.05) is 12.3 Å². The lowest BCUT2D eigenvalue weighted by Gasteiger charge is -2.38. The standard InChI is InChI=1S/C13H22N4O3/c1-8-9(10-15-16-11(14)19-10)6-5-7-17(8)12(18)20-13(2,3)4/h8-9H,5-7H2,1-4H3,(H2,14,16). The molecule has 20 heavy (non-hydrogen) atoms. The van der Waals surface area contributed by atoms with Crippen LogP contribution in [0.15, 0.2) is 4.42 Å². The summed E-state index contributed by atoms with van der Waals surface area (Å²) in [4.78, 5) is 13.9. The maximum atomic E-state index is 12.2. The van der Waals surface area contributed by atoms with Gasteiger partial charge in [0.1, 0.15) is 5.60 Å². The largest absolute Gasteiger partial charge is 0.444 e. The van der Waals surface area contributed by atoms with Crippen LogP contribution in [0, 0.1) is 0 Å². The van der Waals surface area contributed by atoms with Crippen LogP contribution in [0.2, 0.25) is 0 Å². The monoisotopic (exact) mass is 282 g/mol. The molecule has 1 aromatic heterocycles. The average molecular weight is 282 g/mol. The van der Waals surface area contributed by atoms with Crippen molar-refractivity contribution in [3.63, 3.8) is 0 Å². The lowest BCUT2D eigenvalue weighted by Crippen LogP contribution is -2.48. The van der Waals surface area contributed by atoms with E-state index in [4.69, 9.17) is 14.9 Å². The van der Waals surface area contributed by atoms with E-state index in [-0.39, 0.29) is 24.1 Å². The van der Waals surface area contributed by atoms with E-state index < -0.39 is 5.60 Å². The SMILES string of the molecule is CC1C(c2nnc(N)o2)CCCN1C(=O)OC(C)(C)C. The quantitative estimate of drug-likeness (QED) is 0.848. The third kappa shape index (κ3) is 3.20. The Kier molecular flexibility index (Phi) is 3.87. The fourth-order valence-corrected chi connectivity index (χ4v) is 2.45. The van der Waals surface area contributed by atoms with Crippen molar-refractivity contribution in [2.24, 2.45) is 0 Å². The Balaban J connectivity index is 2.10. The Morgan fingerprint density at radius 2 is 2.15 bits per heavy atom. The van der Waals surface area contributed by atoms with Crippen molar-refractivity contribution in [1.29, 1.82) is 0 Å². The normalized spacial score (nSPS) is 23.7. The predicted molar refractivity (Wildman–Crippen MR) is 73.1 cm³/mol. The highest BCUT2D eigenvalue weighted by molar-refractivity contribution is 5.68. The number of hydrogen-bond acceptors (Lipinski definition) is 6. The molecule has 2 rings (SSSR count). The number of aromatic nitrogens is 2. The average Bonchev–Trinajstić information content (AvgIpc) is 2.73. The summed E-state index contributed by atoms with van der Waals surface area (Å²) < 4.78 is 10.7. The number of nitrogens with zero attached hydrogens (tertiary/aromatic N) is 3. The molecule has 2 unspecified atom stereocenters. The van der Waals surface area contributed by atoms with Gasteiger partial charge >= 0.3 is 12.1 Å². The van der Waals surface area contributed by atoms with Crippen molar-refractivity contribution in [3.05, 3.63) is 5.89 Å². The maximum absolute atomic E-state index is 12.2. The minimum Gasteiger partial charge on any atom is -0.444 e. The smallest absolute Gasteiger partial charge is 0.410 e. The molecule has 0 bridgehead atoms. The van der Waals surface area contributed by atoms with Crippen LogP contribution in [-0.4, -0.2) is 39.4 Å². The Bertz CT molecular complexity index is 480. The van der Waals surface area contributed by atoms with E-state index in [1.54, 1.807) is 4.90 Å². The van der Waals surface area contributed by atoms with Crippen molar-refractivity contribution in [2.45, 2.75) is 58.1 Å². The molecule has 0 aromatic carbocycles. The summed E-state index contributed by atoms with van der Waals surface area (Å²) in [6.07, 6.45) is 1.46. The Labute approximate surface area is 118 Å². The second kappa shape index (κ2) is 5.30. The zero-order valence-corrected chi connectivity index (χ0v) is 12.4. The van der Waals surface area contributed by atoms with Gasteiger partial charge in [-0.25, -0.2) is 4.79 Å². The first-order valence-corrected chi connectivity index (χ1v) is 6.86. The van der Waals surface area contributed by atoms with Gasteiger partial charge in [0.15, 0.2) is 0 Å². The van der Waals surface area contributed by atoms with Crippen LogP contribution < -0.4 is 5.73 Å². The molecular formula is C13H22N4O3. The van der Waals surface area contributed by atoms with Crippen LogP contribution in [0.25, 0.3) is 0 Å². The summed E-state index contributed by atoms with van der Waals surface area (Å²) in [5, 5.41) is 7.62. The van der Waals surface area contributed by atoms with Crippen LogP contribution >= 0.6 is 0 Å². The molecule has 7 heteroatoms. The first kappa shape index (κ1) is 14.6. The second-order valence-electron chi connectivity index (χ2n) is 6.14. The fourth-order valence-electron chi connectivity index (χ4n) is 2.45. The molecule has 1 aromatic rings. The number of piperidine rings is 1. The van der Waals surface area contributed by atoms with E-state index in [0.717, 1.165) is 12.8 Å². The van der Waals surface area contributed by atoms with Crippen LogP contribution in [0.4, 0.5) is 10.8 Å². The molecule has 0 aliphatic carbocycles. The number of carbonyl (C=O) groups is 1. The molecule has 1 aliphatic rings. The first-order valence-electron chi connectivity index (χ1n) is 6.86. The minimum absolute atomic E-state index is 0.000989. The number of likely N-dealkylation sites (tertiary alicyclic amines) is 1. The lowest BCUT2D eigenvalue weighted by atomic mass is 9.90. The number of nitrogens with two attached hydrogens (primary N) is 1. The molecule has 1 saturated heterocycles. The van der Waals surface area contributed by atoms with Crippen molar-refractivity contribution < 1.29 is 13.9 Å². The summed E-state index contributed by atoms with van der Waals surface area (Å²) in [6.45, 7) is 8.21. The van der Waals surface area contributed by atoms with Crippen molar-refractivity contribution >= 4 is 12.1 Å². The van der Waals surface area contributed by atoms with E-state index in [9.17, 15) is 4.79 Å². The van der Waals surface area contributed by atoms with Gasteiger partial charge in [-0.2, -0.15) is 0 Å². The molecule has 1 fully saturated rings. The second-order valence-corrected chi connectivity index (χ2v) is 6.14. The molecular weight excluding hydrogens is 260 g/mol. The Morgan fingerprint density at radius 3 is 2.70 bits per heavy atom. The number of hydrogen-bond donors (Lipinski definition) is 1. The Hall–Kier alpha value is -1.79. The van der Waals surface area contributed by atoms with Gasteiger partial charge in [0, 0.05) is 12.6 Å². The van der Waals surface area contributed by atoms with E-state index >= 15 is 0 Å². The van der Waals surface area contributed by atoms with Gasteiger partial charge in [0.25, 0.3) is 0 Å². The number of nitrogen functional groups attached to an aromatic ring is 1. The summed E-state index contributed by atoms with van der Waals surface area (Å²) in [5.74, 6) is 0.490. The molecule has 2 atom stereocenters. The van der Waals surface area contributed by atoms with E-state index in [0.29, 0.717) is 12.4 Å². The molecule has 2 N–H and O–H groups in total. The third-order valence-corrected chi connectivity index (χ3v) is 3.39. The van der Waals surface area contributed by atoms with Crippen molar-refractivity contribution in [1.82, 2.24) is 15.1 Å². The van der Waals surface area contributed by atoms with Gasteiger partial charge in [0.05, 0.1) is 5.92 Å². The summed E-state index contributed by atoms with van der Waals surface area (Å²) >= 11 is 0. The fraction of sp³-hybridized carbons (Fsp3) is 0.769. The molecule has 1 amide bonds. The van der Waals surface area contributed by atoms with Gasteiger partial charge < -0.3 is 19.8 Å². The first-order chi connectivity index (χ1) is 9.28. The molecule has 2 heterocycles. The van der Waals surface area contributed by atoms with Gasteiger partial charge in [-0.3, -0.25) is 0 Å². The zero-order chi connectivity index (χ0) is 14.9. The zero-order valence-electron chi connectivity index (χ0n) is 12.4. The van der Waals surface area contributed by atoms with E-state index in [2.05, 4.69) is 10.2 Å². The minimum atomic E-state index is -0.501. The molecule has 0 spiro atoms. The highest BCUT2D eigenvalue weighted by Gasteiger charge is 2.36. The maximum Gasteiger partial charge on any atom is 0.410 e. The lowest BCUT2D eigenvalue weighted by molar-refractivity contribution is 0.00762. The molecule has 0 radical (unpaired) electrons. The van der Waals surface area contributed by atoms with E-state index in [1.165, 1.54) is 0 Å². The van der Waals surface area contributed by atoms with Crippen LogP contribution in [0.5, 0.6) is 0 Å². The predicted octanol–water partition coefficient (Wildman–Crippen LogP) is 2.15. The van der Waals surface area contributed by atoms with Gasteiger partial charge in [0.2, 0.25) is 5.89 Å². The number of carbonyl (C=O) groups excluding carboxylic acids is 1. The molecule has 1 aliphatic heterocycles. The number of rotatable bonds is 1. The summed E-state index contributed by atoms with van der Waals surface area (Å²) in [5.41, 5.74) is 4.96.